The lowest BCUT2D eigenvalue weighted by atomic mass is 10.2. The predicted molar refractivity (Wildman–Crippen MR) is 70.2 cm³/mol. The molecule has 1 rings (SSSR count). The Morgan fingerprint density at radius 2 is 1.94 bits per heavy atom. The highest BCUT2D eigenvalue weighted by atomic mass is 16.4. The van der Waals surface area contributed by atoms with Crippen molar-refractivity contribution in [3.8, 4) is 0 Å². The first kappa shape index (κ1) is 13.4. The number of nitrogens with two attached hydrogens (primary N) is 1. The molecule has 0 unspecified atom stereocenters. The second-order valence-corrected chi connectivity index (χ2v) is 3.39. The van der Waals surface area contributed by atoms with E-state index in [9.17, 15) is 4.79 Å². The maximum atomic E-state index is 11.0. The van der Waals surface area contributed by atoms with Crippen molar-refractivity contribution >= 4 is 11.7 Å². The maximum absolute atomic E-state index is 11.0. The summed E-state index contributed by atoms with van der Waals surface area (Å²) in [6, 6.07) is 6.38. The van der Waals surface area contributed by atoms with Crippen molar-refractivity contribution < 1.29 is 15.0 Å². The minimum absolute atomic E-state index is 0.0359. The van der Waals surface area contributed by atoms with Crippen molar-refractivity contribution in [1.82, 2.24) is 0 Å². The van der Waals surface area contributed by atoms with Gasteiger partial charge >= 0.3 is 5.97 Å². The second-order valence-electron chi connectivity index (χ2n) is 3.39. The van der Waals surface area contributed by atoms with Crippen LogP contribution in [0.25, 0.3) is 0 Å². The molecule has 0 radical (unpaired) electrons. The van der Waals surface area contributed by atoms with Crippen LogP contribution in [0.3, 0.4) is 0 Å². The van der Waals surface area contributed by atoms with Crippen LogP contribution >= 0.6 is 0 Å². The number of hydrogen-bond acceptors (Lipinski definition) is 4. The van der Waals surface area contributed by atoms with E-state index in [0.29, 0.717) is 5.69 Å². The lowest BCUT2D eigenvalue weighted by molar-refractivity contribution is 0.0698. The van der Waals surface area contributed by atoms with Crippen LogP contribution in [0.1, 0.15) is 10.4 Å². The van der Waals surface area contributed by atoms with E-state index in [2.05, 4.69) is 11.9 Å². The molecule has 0 atom stereocenters. The molecule has 0 aromatic heterocycles. The zero-order valence-corrected chi connectivity index (χ0v) is 9.63. The summed E-state index contributed by atoms with van der Waals surface area (Å²) in [5.74, 6) is -0.876. The van der Waals surface area contributed by atoms with Gasteiger partial charge in [0.1, 0.15) is 11.6 Å². The Kier molecular flexibility index (Phi) is 4.57. The Hall–Kier alpha value is -2.69. The molecular weight excluding hydrogens is 232 g/mol. The Morgan fingerprint density at radius 1 is 1.28 bits per heavy atom. The fraction of sp³-hybridized carbons (Fsp3) is 0. The van der Waals surface area contributed by atoms with Gasteiger partial charge in [0.25, 0.3) is 0 Å². The van der Waals surface area contributed by atoms with Crippen molar-refractivity contribution in [1.29, 1.82) is 0 Å². The van der Waals surface area contributed by atoms with E-state index in [4.69, 9.17) is 15.9 Å². The molecule has 0 saturated carbocycles. The summed E-state index contributed by atoms with van der Waals surface area (Å²) in [5, 5.41) is 20.8. The first-order valence-electron chi connectivity index (χ1n) is 5.12. The van der Waals surface area contributed by atoms with Crippen LogP contribution in [0.2, 0.25) is 0 Å². The first-order valence-corrected chi connectivity index (χ1v) is 5.12. The number of aliphatic hydroxyl groups is 1. The van der Waals surface area contributed by atoms with Crippen LogP contribution in [0.15, 0.2) is 60.7 Å². The van der Waals surface area contributed by atoms with Gasteiger partial charge in [0, 0.05) is 0 Å². The number of rotatable bonds is 5. The molecule has 94 valence electrons. The number of anilines is 1. The fourth-order valence-corrected chi connectivity index (χ4v) is 1.22. The summed E-state index contributed by atoms with van der Waals surface area (Å²) >= 11 is 0. The van der Waals surface area contributed by atoms with Crippen LogP contribution in [-0.4, -0.2) is 16.2 Å². The van der Waals surface area contributed by atoms with Gasteiger partial charge in [0.15, 0.2) is 0 Å². The number of hydrogen-bond donors (Lipinski definition) is 4. The van der Waals surface area contributed by atoms with E-state index in [-0.39, 0.29) is 17.1 Å². The van der Waals surface area contributed by atoms with Crippen LogP contribution in [-0.2, 0) is 0 Å². The number of carboxylic acid groups (broad SMARTS) is 1. The third-order valence-electron chi connectivity index (χ3n) is 2.08. The van der Waals surface area contributed by atoms with E-state index < -0.39 is 5.97 Å². The molecule has 0 aliphatic carbocycles. The van der Waals surface area contributed by atoms with Gasteiger partial charge in [-0.1, -0.05) is 18.7 Å². The van der Waals surface area contributed by atoms with E-state index in [0.717, 1.165) is 0 Å². The number of para-hydroxylation sites is 1. The second kappa shape index (κ2) is 6.15. The van der Waals surface area contributed by atoms with Crippen molar-refractivity contribution in [2.24, 2.45) is 5.73 Å². The number of aliphatic hydroxyl groups excluding tert-OH is 1. The molecule has 0 fully saturated rings. The molecule has 0 amide bonds. The standard InChI is InChI=1S/C13H14N2O3/c1-2-9(16)7-8-12(14)15-11-6-4-3-5-10(11)13(17)18/h2-8,15-16H,1,14H2,(H,17,18)/b9-7+,12-8+. The van der Waals surface area contributed by atoms with E-state index in [1.54, 1.807) is 18.2 Å². The minimum atomic E-state index is -1.05. The summed E-state index contributed by atoms with van der Waals surface area (Å²) in [6.07, 6.45) is 4.02. The quantitative estimate of drug-likeness (QED) is 0.472. The highest BCUT2D eigenvalue weighted by molar-refractivity contribution is 5.94. The van der Waals surface area contributed by atoms with Gasteiger partial charge in [-0.3, -0.25) is 0 Å². The molecule has 0 spiro atoms. The van der Waals surface area contributed by atoms with Gasteiger partial charge in [0.2, 0.25) is 0 Å². The summed E-state index contributed by atoms with van der Waals surface area (Å²) in [5.41, 5.74) is 6.14. The first-order chi connectivity index (χ1) is 8.54. The number of carbonyl (C=O) groups is 1. The number of allylic oxidation sites excluding steroid dienone is 3. The number of nitrogens with one attached hydrogen (secondary N) is 1. The Labute approximate surface area is 105 Å². The van der Waals surface area contributed by atoms with Gasteiger partial charge in [0.05, 0.1) is 11.3 Å². The molecule has 0 aliphatic rings. The monoisotopic (exact) mass is 246 g/mol. The van der Waals surface area contributed by atoms with Crippen molar-refractivity contribution in [3.63, 3.8) is 0 Å². The highest BCUT2D eigenvalue weighted by Crippen LogP contribution is 2.15. The van der Waals surface area contributed by atoms with Gasteiger partial charge in [-0.2, -0.15) is 0 Å². The molecule has 0 bridgehead atoms. The molecule has 18 heavy (non-hydrogen) atoms. The Balaban J connectivity index is 2.91. The van der Waals surface area contributed by atoms with E-state index in [1.807, 2.05) is 0 Å². The summed E-state index contributed by atoms with van der Waals surface area (Å²) in [7, 11) is 0. The molecular formula is C13H14N2O3. The zero-order chi connectivity index (χ0) is 13.5. The summed E-state index contributed by atoms with van der Waals surface area (Å²) < 4.78 is 0. The number of carboxylic acids is 1. The van der Waals surface area contributed by atoms with Crippen molar-refractivity contribution in [2.75, 3.05) is 5.32 Å². The van der Waals surface area contributed by atoms with E-state index in [1.165, 1.54) is 24.3 Å². The Bertz CT molecular complexity index is 519. The van der Waals surface area contributed by atoms with E-state index >= 15 is 0 Å². The number of aromatic carboxylic acids is 1. The normalized spacial score (nSPS) is 12.0. The minimum Gasteiger partial charge on any atom is -0.508 e. The van der Waals surface area contributed by atoms with Gasteiger partial charge < -0.3 is 21.3 Å². The maximum Gasteiger partial charge on any atom is 0.337 e. The molecule has 5 nitrogen and oxygen atoms in total. The average molecular weight is 246 g/mol. The van der Waals surface area contributed by atoms with Crippen LogP contribution in [0, 0.1) is 0 Å². The molecule has 5 N–H and O–H groups in total. The zero-order valence-electron chi connectivity index (χ0n) is 9.63. The molecule has 1 aromatic rings. The lowest BCUT2D eigenvalue weighted by Crippen LogP contribution is -2.11. The molecule has 1 aromatic carbocycles. The molecule has 0 aliphatic heterocycles. The number of benzene rings is 1. The van der Waals surface area contributed by atoms with Crippen molar-refractivity contribution in [3.05, 3.63) is 66.2 Å². The largest absolute Gasteiger partial charge is 0.508 e. The smallest absolute Gasteiger partial charge is 0.337 e. The summed E-state index contributed by atoms with van der Waals surface area (Å²) in [4.78, 5) is 11.0. The third kappa shape index (κ3) is 3.71. The lowest BCUT2D eigenvalue weighted by Gasteiger charge is -2.08. The van der Waals surface area contributed by atoms with Crippen LogP contribution in [0.5, 0.6) is 0 Å². The molecule has 0 heterocycles. The molecule has 5 heteroatoms. The topological polar surface area (TPSA) is 95.6 Å². The third-order valence-corrected chi connectivity index (χ3v) is 2.08. The SMILES string of the molecule is C=C/C(O)=C\C=C(/N)Nc1ccccc1C(=O)O. The average Bonchev–Trinajstić information content (AvgIpc) is 2.36. The predicted octanol–water partition coefficient (Wildman–Crippen LogP) is 2.22. The summed E-state index contributed by atoms with van der Waals surface area (Å²) in [6.45, 7) is 3.37. The van der Waals surface area contributed by atoms with Crippen LogP contribution in [0.4, 0.5) is 5.69 Å². The van der Waals surface area contributed by atoms with Gasteiger partial charge in [-0.05, 0) is 30.4 Å². The van der Waals surface area contributed by atoms with Crippen LogP contribution < -0.4 is 11.1 Å². The Morgan fingerprint density at radius 3 is 2.56 bits per heavy atom. The van der Waals surface area contributed by atoms with Gasteiger partial charge in [-0.25, -0.2) is 4.79 Å². The van der Waals surface area contributed by atoms with Gasteiger partial charge in [-0.15, -0.1) is 0 Å². The molecule has 0 saturated heterocycles. The van der Waals surface area contributed by atoms with Crippen molar-refractivity contribution in [2.45, 2.75) is 0 Å². The highest BCUT2D eigenvalue weighted by Gasteiger charge is 2.08. The fourth-order valence-electron chi connectivity index (χ4n) is 1.22.